The maximum atomic E-state index is 13.3. The molecule has 0 saturated heterocycles. The Morgan fingerprint density at radius 2 is 1.71 bits per heavy atom. The van der Waals surface area contributed by atoms with Crippen molar-refractivity contribution >= 4 is 16.8 Å². The fourth-order valence-electron chi connectivity index (χ4n) is 4.49. The second-order valence-corrected chi connectivity index (χ2v) is 7.97. The molecule has 1 aromatic heterocycles. The number of benzene rings is 2. The van der Waals surface area contributed by atoms with Crippen molar-refractivity contribution in [3.63, 3.8) is 0 Å². The Kier molecular flexibility index (Phi) is 6.70. The number of para-hydroxylation sites is 1. The lowest BCUT2D eigenvalue weighted by atomic mass is 9.96. The Bertz CT molecular complexity index is 1030. The molecule has 3 aromatic rings. The van der Waals surface area contributed by atoms with E-state index in [0.29, 0.717) is 36.2 Å². The van der Waals surface area contributed by atoms with Gasteiger partial charge in [0.2, 0.25) is 0 Å². The first-order valence-corrected chi connectivity index (χ1v) is 11.2. The van der Waals surface area contributed by atoms with E-state index in [1.54, 1.807) is 0 Å². The molecule has 0 spiro atoms. The van der Waals surface area contributed by atoms with Crippen LogP contribution in [-0.4, -0.2) is 30.1 Å². The SMILES string of the molecule is CCOc1cccc(OCC)c1C(=O)N[C@@H]1CCC[C@H]1Cc1ccc2ccccc2n1. The predicted molar refractivity (Wildman–Crippen MR) is 123 cm³/mol. The molecule has 5 nitrogen and oxygen atoms in total. The number of hydrogen-bond acceptors (Lipinski definition) is 4. The minimum Gasteiger partial charge on any atom is -0.493 e. The molecule has 1 aliphatic carbocycles. The smallest absolute Gasteiger partial charge is 0.259 e. The number of nitrogens with one attached hydrogen (secondary N) is 1. The monoisotopic (exact) mass is 418 g/mol. The molecular weight excluding hydrogens is 388 g/mol. The molecule has 2 aromatic carbocycles. The highest BCUT2D eigenvalue weighted by atomic mass is 16.5. The van der Waals surface area contributed by atoms with Crippen molar-refractivity contribution in [3.05, 3.63) is 65.9 Å². The quantitative estimate of drug-likeness (QED) is 0.548. The lowest BCUT2D eigenvalue weighted by Crippen LogP contribution is -2.38. The molecule has 0 unspecified atom stereocenters. The highest BCUT2D eigenvalue weighted by Gasteiger charge is 2.31. The fraction of sp³-hybridized carbons (Fsp3) is 0.385. The first-order chi connectivity index (χ1) is 15.2. The number of carbonyl (C=O) groups excluding carboxylic acids is 1. The Hall–Kier alpha value is -3.08. The third-order valence-corrected chi connectivity index (χ3v) is 5.92. The molecule has 1 saturated carbocycles. The average Bonchev–Trinajstić information content (AvgIpc) is 3.20. The number of carbonyl (C=O) groups is 1. The zero-order valence-corrected chi connectivity index (χ0v) is 18.3. The fourth-order valence-corrected chi connectivity index (χ4v) is 4.49. The topological polar surface area (TPSA) is 60.5 Å². The second-order valence-electron chi connectivity index (χ2n) is 7.97. The van der Waals surface area contributed by atoms with Crippen molar-refractivity contribution in [2.24, 2.45) is 5.92 Å². The van der Waals surface area contributed by atoms with E-state index in [9.17, 15) is 4.79 Å². The maximum absolute atomic E-state index is 13.3. The maximum Gasteiger partial charge on any atom is 0.259 e. The molecule has 1 amide bonds. The Morgan fingerprint density at radius 1 is 0.968 bits per heavy atom. The van der Waals surface area contributed by atoms with E-state index in [0.717, 1.165) is 42.3 Å². The van der Waals surface area contributed by atoms with Crippen LogP contribution in [0.15, 0.2) is 54.6 Å². The van der Waals surface area contributed by atoms with Crippen molar-refractivity contribution in [1.82, 2.24) is 10.3 Å². The lowest BCUT2D eigenvalue weighted by Gasteiger charge is -2.22. The number of rotatable bonds is 8. The van der Waals surface area contributed by atoms with Gasteiger partial charge in [-0.25, -0.2) is 0 Å². The molecule has 31 heavy (non-hydrogen) atoms. The first-order valence-electron chi connectivity index (χ1n) is 11.2. The first kappa shape index (κ1) is 21.2. The van der Waals surface area contributed by atoms with Gasteiger partial charge in [-0.2, -0.15) is 0 Å². The Morgan fingerprint density at radius 3 is 2.45 bits per heavy atom. The van der Waals surface area contributed by atoms with Gasteiger partial charge in [-0.15, -0.1) is 0 Å². The van der Waals surface area contributed by atoms with Crippen molar-refractivity contribution in [1.29, 1.82) is 0 Å². The molecule has 5 heteroatoms. The summed E-state index contributed by atoms with van der Waals surface area (Å²) in [5.74, 6) is 1.37. The van der Waals surface area contributed by atoms with E-state index in [4.69, 9.17) is 14.5 Å². The highest BCUT2D eigenvalue weighted by molar-refractivity contribution is 6.00. The summed E-state index contributed by atoms with van der Waals surface area (Å²) in [4.78, 5) is 18.1. The summed E-state index contributed by atoms with van der Waals surface area (Å²) in [6, 6.07) is 18.0. The normalized spacial score (nSPS) is 18.1. The third kappa shape index (κ3) is 4.82. The summed E-state index contributed by atoms with van der Waals surface area (Å²) in [6.07, 6.45) is 4.03. The van der Waals surface area contributed by atoms with Gasteiger partial charge in [-0.1, -0.05) is 36.8 Å². The van der Waals surface area contributed by atoms with Crippen LogP contribution >= 0.6 is 0 Å². The zero-order chi connectivity index (χ0) is 21.6. The van der Waals surface area contributed by atoms with Gasteiger partial charge in [0.1, 0.15) is 17.1 Å². The number of ether oxygens (including phenoxy) is 2. The summed E-state index contributed by atoms with van der Waals surface area (Å²) >= 11 is 0. The van der Waals surface area contributed by atoms with Crippen molar-refractivity contribution in [3.8, 4) is 11.5 Å². The molecule has 1 heterocycles. The zero-order valence-electron chi connectivity index (χ0n) is 18.3. The van der Waals surface area contributed by atoms with Crippen LogP contribution in [0.1, 0.15) is 49.2 Å². The predicted octanol–water partition coefficient (Wildman–Crippen LogP) is 5.17. The minimum absolute atomic E-state index is 0.116. The number of amides is 1. The van der Waals surface area contributed by atoms with Crippen LogP contribution < -0.4 is 14.8 Å². The summed E-state index contributed by atoms with van der Waals surface area (Å²) in [7, 11) is 0. The van der Waals surface area contributed by atoms with Crippen LogP contribution in [0.2, 0.25) is 0 Å². The summed E-state index contributed by atoms with van der Waals surface area (Å²) in [5.41, 5.74) is 2.58. The second kappa shape index (κ2) is 9.82. The molecule has 0 aliphatic heterocycles. The lowest BCUT2D eigenvalue weighted by molar-refractivity contribution is 0.0919. The van der Waals surface area contributed by atoms with Gasteiger partial charge in [0, 0.05) is 17.1 Å². The molecule has 1 N–H and O–H groups in total. The van der Waals surface area contributed by atoms with Crippen LogP contribution in [0.4, 0.5) is 0 Å². The van der Waals surface area contributed by atoms with Crippen LogP contribution in [-0.2, 0) is 6.42 Å². The van der Waals surface area contributed by atoms with Gasteiger partial charge in [-0.3, -0.25) is 9.78 Å². The number of nitrogens with zero attached hydrogens (tertiary/aromatic N) is 1. The summed E-state index contributed by atoms with van der Waals surface area (Å²) in [6.45, 7) is 4.82. The van der Waals surface area contributed by atoms with E-state index in [1.165, 1.54) is 0 Å². The van der Waals surface area contributed by atoms with Crippen molar-refractivity contribution in [2.45, 2.75) is 45.6 Å². The van der Waals surface area contributed by atoms with Crippen LogP contribution in [0, 0.1) is 5.92 Å². The van der Waals surface area contributed by atoms with Gasteiger partial charge >= 0.3 is 0 Å². The van der Waals surface area contributed by atoms with Crippen LogP contribution in [0.5, 0.6) is 11.5 Å². The van der Waals surface area contributed by atoms with Gasteiger partial charge in [0.25, 0.3) is 5.91 Å². The van der Waals surface area contributed by atoms with Crippen LogP contribution in [0.25, 0.3) is 10.9 Å². The molecule has 4 rings (SSSR count). The molecular formula is C26H30N2O3. The summed E-state index contributed by atoms with van der Waals surface area (Å²) in [5, 5.41) is 4.42. The number of aromatic nitrogens is 1. The van der Waals surface area contributed by atoms with Gasteiger partial charge in [0.15, 0.2) is 0 Å². The molecule has 1 aliphatic rings. The number of hydrogen-bond donors (Lipinski definition) is 1. The number of fused-ring (bicyclic) bond motifs is 1. The highest BCUT2D eigenvalue weighted by Crippen LogP contribution is 2.32. The Labute approximate surface area is 183 Å². The van der Waals surface area contributed by atoms with Crippen molar-refractivity contribution in [2.75, 3.05) is 13.2 Å². The minimum atomic E-state index is -0.129. The molecule has 0 bridgehead atoms. The van der Waals surface area contributed by atoms with E-state index in [-0.39, 0.29) is 11.9 Å². The average molecular weight is 419 g/mol. The molecule has 1 fully saturated rings. The van der Waals surface area contributed by atoms with E-state index >= 15 is 0 Å². The van der Waals surface area contributed by atoms with E-state index < -0.39 is 0 Å². The van der Waals surface area contributed by atoms with E-state index in [2.05, 4.69) is 23.5 Å². The molecule has 2 atom stereocenters. The van der Waals surface area contributed by atoms with Crippen LogP contribution in [0.3, 0.4) is 0 Å². The third-order valence-electron chi connectivity index (χ3n) is 5.92. The largest absolute Gasteiger partial charge is 0.493 e. The van der Waals surface area contributed by atoms with Gasteiger partial charge in [-0.05, 0) is 63.3 Å². The Balaban J connectivity index is 1.51. The van der Waals surface area contributed by atoms with Crippen molar-refractivity contribution < 1.29 is 14.3 Å². The number of pyridine rings is 1. The standard InChI is InChI=1S/C26H30N2O3/c1-3-30-23-13-8-14-24(31-4-2)25(23)26(29)28-22-12-7-10-19(22)17-20-16-15-18-9-5-6-11-21(18)27-20/h5-6,8-9,11,13-16,19,22H,3-4,7,10,12,17H2,1-2H3,(H,28,29)/t19-,22+/m0/s1. The summed E-state index contributed by atoms with van der Waals surface area (Å²) < 4.78 is 11.4. The van der Waals surface area contributed by atoms with E-state index in [1.807, 2.05) is 50.2 Å². The molecule has 0 radical (unpaired) electrons. The van der Waals surface area contributed by atoms with Gasteiger partial charge < -0.3 is 14.8 Å². The van der Waals surface area contributed by atoms with Gasteiger partial charge in [0.05, 0.1) is 18.7 Å². The molecule has 162 valence electrons.